The first-order chi connectivity index (χ1) is 25.6. The number of carbonyl (C=O) groups excluding carboxylic acids is 3. The van der Waals surface area contributed by atoms with E-state index in [0.717, 1.165) is 24.1 Å². The molecule has 296 valence electrons. The number of hydrogen-bond acceptors (Lipinski definition) is 7. The molecule has 4 amide bonds. The zero-order valence-corrected chi connectivity index (χ0v) is 31.0. The van der Waals surface area contributed by atoms with Crippen LogP contribution in [0, 0.1) is 5.92 Å². The molecule has 2 bridgehead atoms. The first-order valence-corrected chi connectivity index (χ1v) is 19.7. The Bertz CT molecular complexity index is 1670. The number of anilines is 2. The summed E-state index contributed by atoms with van der Waals surface area (Å²) in [4.78, 5) is 50.9. The van der Waals surface area contributed by atoms with Gasteiger partial charge >= 0.3 is 18.4 Å². The number of benzene rings is 1. The molecule has 3 atom stereocenters. The summed E-state index contributed by atoms with van der Waals surface area (Å²) in [6.07, 6.45) is -5.08. The lowest BCUT2D eigenvalue weighted by Crippen LogP contribution is -2.56. The summed E-state index contributed by atoms with van der Waals surface area (Å²) in [6, 6.07) is 2.27. The van der Waals surface area contributed by atoms with E-state index in [1.165, 1.54) is 24.2 Å². The summed E-state index contributed by atoms with van der Waals surface area (Å²) in [7, 11) is 2.17. The van der Waals surface area contributed by atoms with E-state index >= 15 is 0 Å². The van der Waals surface area contributed by atoms with Crippen molar-refractivity contribution in [3.05, 3.63) is 45.1 Å². The van der Waals surface area contributed by atoms with Gasteiger partial charge in [-0.2, -0.15) is 26.3 Å². The van der Waals surface area contributed by atoms with E-state index < -0.39 is 53.3 Å². The first-order valence-electron chi connectivity index (χ1n) is 18.8. The molecule has 1 aromatic heterocycles. The number of nitrogen functional groups attached to an aromatic ring is 1. The van der Waals surface area contributed by atoms with Crippen LogP contribution in [0.25, 0.3) is 0 Å². The van der Waals surface area contributed by atoms with Crippen molar-refractivity contribution in [2.75, 3.05) is 63.9 Å². The molecule has 7 rings (SSSR count). The minimum Gasteiger partial charge on any atom is -0.398 e. The monoisotopic (exact) mass is 783 g/mol. The number of piperidine rings is 2. The molecule has 1 aromatic carbocycles. The van der Waals surface area contributed by atoms with Gasteiger partial charge < -0.3 is 30.7 Å². The third kappa shape index (κ3) is 8.04. The molecular weight excluding hydrogens is 737 g/mol. The number of fused-ring (bicyclic) bond motifs is 3. The zero-order valence-electron chi connectivity index (χ0n) is 30.2. The van der Waals surface area contributed by atoms with Crippen molar-refractivity contribution in [1.29, 1.82) is 0 Å². The number of nitrogens with zero attached hydrogens (tertiary/aromatic N) is 5. The summed E-state index contributed by atoms with van der Waals surface area (Å²) in [5, 5.41) is 6.86. The van der Waals surface area contributed by atoms with Crippen LogP contribution in [0.4, 0.5) is 42.5 Å². The Morgan fingerprint density at radius 1 is 0.833 bits per heavy atom. The topological polar surface area (TPSA) is 105 Å². The number of rotatable bonds is 7. The van der Waals surface area contributed by atoms with Gasteiger partial charge in [0.2, 0.25) is 11.8 Å². The van der Waals surface area contributed by atoms with E-state index in [4.69, 9.17) is 5.73 Å². The van der Waals surface area contributed by atoms with Crippen molar-refractivity contribution in [1.82, 2.24) is 24.5 Å². The number of urea groups is 1. The molecule has 5 aliphatic rings. The standard InChI is InChI=1S/C37H47F6N7O3S/c1-46-26-2-3-27(46)19-28(18-26)47-10-12-49(13-11-47)34(52)24(14-22-15-29(36(38,39)40)33(44)30(16-22)37(41,42)43)17-32(51)48-7-5-25(6-8-48)50-9-4-23-20-54-21-31(23)45-35(50)53/h15-16,20-21,24-28H,2-14,17-19,44H2,1H3,(H,45,53)/t24-,26?,27?,28?/m0/s1. The van der Waals surface area contributed by atoms with Gasteiger partial charge in [-0.05, 0) is 87.1 Å². The molecule has 0 aliphatic carbocycles. The quantitative estimate of drug-likeness (QED) is 0.273. The van der Waals surface area contributed by atoms with Crippen LogP contribution in [0.1, 0.15) is 67.2 Å². The third-order valence-electron chi connectivity index (χ3n) is 12.4. The van der Waals surface area contributed by atoms with Gasteiger partial charge in [0.15, 0.2) is 0 Å². The summed E-state index contributed by atoms with van der Waals surface area (Å²) in [6.45, 7) is 3.02. The molecule has 0 radical (unpaired) electrons. The van der Waals surface area contributed by atoms with Gasteiger partial charge in [-0.25, -0.2) is 4.79 Å². The maximum Gasteiger partial charge on any atom is 0.418 e. The SMILES string of the molecule is CN1C2CCC1CC(N1CCN(C(=O)[C@H](CC(=O)N3CCC(N4CCc5cscc5NC4=O)CC3)Cc3cc(C(F)(F)F)c(N)c(C(F)(F)F)c3)CC1)C2. The van der Waals surface area contributed by atoms with Gasteiger partial charge in [0.1, 0.15) is 0 Å². The lowest BCUT2D eigenvalue weighted by Gasteiger charge is -2.45. The van der Waals surface area contributed by atoms with Gasteiger partial charge in [-0.15, -0.1) is 11.3 Å². The molecule has 4 fully saturated rings. The summed E-state index contributed by atoms with van der Waals surface area (Å²) in [5.41, 5.74) is 2.23. The summed E-state index contributed by atoms with van der Waals surface area (Å²) in [5.74, 6) is -2.06. The molecule has 0 saturated carbocycles. The molecule has 0 spiro atoms. The van der Waals surface area contributed by atoms with Crippen molar-refractivity contribution in [2.45, 2.75) is 94.3 Å². The molecule has 6 heterocycles. The number of piperazine rings is 1. The van der Waals surface area contributed by atoms with E-state index in [2.05, 4.69) is 22.2 Å². The Hall–Kier alpha value is -3.57. The van der Waals surface area contributed by atoms with Crippen molar-refractivity contribution in [2.24, 2.45) is 5.92 Å². The van der Waals surface area contributed by atoms with Gasteiger partial charge in [-0.3, -0.25) is 14.5 Å². The highest BCUT2D eigenvalue weighted by Crippen LogP contribution is 2.43. The van der Waals surface area contributed by atoms with Crippen molar-refractivity contribution >= 4 is 40.6 Å². The lowest BCUT2D eigenvalue weighted by atomic mass is 9.90. The highest BCUT2D eigenvalue weighted by Gasteiger charge is 2.43. The predicted molar refractivity (Wildman–Crippen MR) is 192 cm³/mol. The normalized spacial score (nSPS) is 25.4. The molecule has 54 heavy (non-hydrogen) atoms. The maximum absolute atomic E-state index is 14.2. The number of nitrogens with two attached hydrogens (primary N) is 1. The van der Waals surface area contributed by atoms with Crippen LogP contribution in [-0.4, -0.2) is 119 Å². The van der Waals surface area contributed by atoms with E-state index in [1.54, 1.807) is 14.7 Å². The second-order valence-corrected chi connectivity index (χ2v) is 16.3. The number of halogens is 6. The van der Waals surface area contributed by atoms with Crippen LogP contribution in [-0.2, 0) is 34.8 Å². The van der Waals surface area contributed by atoms with Crippen molar-refractivity contribution in [3.8, 4) is 0 Å². The van der Waals surface area contributed by atoms with Crippen LogP contribution in [0.2, 0.25) is 0 Å². The summed E-state index contributed by atoms with van der Waals surface area (Å²) >= 11 is 1.52. The van der Waals surface area contributed by atoms with E-state index in [9.17, 15) is 40.7 Å². The second kappa shape index (κ2) is 15.2. The average molecular weight is 784 g/mol. The fourth-order valence-electron chi connectivity index (χ4n) is 9.35. The number of amides is 4. The maximum atomic E-state index is 14.2. The largest absolute Gasteiger partial charge is 0.418 e. The summed E-state index contributed by atoms with van der Waals surface area (Å²) < 4.78 is 83.7. The van der Waals surface area contributed by atoms with Gasteiger partial charge in [0.05, 0.1) is 28.4 Å². The fourth-order valence-corrected chi connectivity index (χ4v) is 10.2. The van der Waals surface area contributed by atoms with Gasteiger partial charge in [0, 0.05) is 81.8 Å². The molecule has 4 saturated heterocycles. The number of thiophene rings is 1. The third-order valence-corrected chi connectivity index (χ3v) is 13.2. The van der Waals surface area contributed by atoms with Crippen LogP contribution in [0.5, 0.6) is 0 Å². The lowest BCUT2D eigenvalue weighted by molar-refractivity contribution is -0.143. The highest BCUT2D eigenvalue weighted by molar-refractivity contribution is 7.08. The second-order valence-electron chi connectivity index (χ2n) is 15.5. The Morgan fingerprint density at radius 2 is 1.44 bits per heavy atom. The Morgan fingerprint density at radius 3 is 2.04 bits per heavy atom. The van der Waals surface area contributed by atoms with E-state index in [-0.39, 0.29) is 24.1 Å². The number of likely N-dealkylation sites (tertiary alicyclic amines) is 1. The van der Waals surface area contributed by atoms with Crippen LogP contribution < -0.4 is 11.1 Å². The van der Waals surface area contributed by atoms with Crippen LogP contribution in [0.15, 0.2) is 22.9 Å². The molecular formula is C37H47F6N7O3S. The number of carbonyl (C=O) groups is 3. The Kier molecular flexibility index (Phi) is 10.9. The minimum absolute atomic E-state index is 0.119. The number of alkyl halides is 6. The van der Waals surface area contributed by atoms with Crippen LogP contribution in [0.3, 0.4) is 0 Å². The van der Waals surface area contributed by atoms with Crippen molar-refractivity contribution < 1.29 is 40.7 Å². The molecule has 2 aromatic rings. The van der Waals surface area contributed by atoms with E-state index in [1.807, 2.05) is 10.8 Å². The number of hydrogen-bond donors (Lipinski definition) is 2. The van der Waals surface area contributed by atoms with Crippen molar-refractivity contribution in [3.63, 3.8) is 0 Å². The highest BCUT2D eigenvalue weighted by atomic mass is 32.1. The fraction of sp³-hybridized carbons (Fsp3) is 0.649. The molecule has 2 unspecified atom stereocenters. The van der Waals surface area contributed by atoms with Gasteiger partial charge in [0.25, 0.3) is 0 Å². The molecule has 5 aliphatic heterocycles. The predicted octanol–water partition coefficient (Wildman–Crippen LogP) is 5.77. The Balaban J connectivity index is 1.05. The first kappa shape index (κ1) is 38.7. The smallest absolute Gasteiger partial charge is 0.398 e. The van der Waals surface area contributed by atoms with Crippen LogP contribution >= 0.6 is 11.3 Å². The Labute approximate surface area is 314 Å². The molecule has 3 N–H and O–H groups in total. The average Bonchev–Trinajstić information content (AvgIpc) is 3.57. The zero-order chi connectivity index (χ0) is 38.5. The molecule has 17 heteroatoms. The minimum atomic E-state index is -5.17. The number of nitrogens with one attached hydrogen (secondary N) is 1. The molecule has 10 nitrogen and oxygen atoms in total. The van der Waals surface area contributed by atoms with Gasteiger partial charge in [-0.1, -0.05) is 0 Å². The van der Waals surface area contributed by atoms with E-state index in [0.29, 0.717) is 95.3 Å².